The van der Waals surface area contributed by atoms with E-state index < -0.39 is 0 Å². The predicted molar refractivity (Wildman–Crippen MR) is 105 cm³/mol. The van der Waals surface area contributed by atoms with Crippen molar-refractivity contribution in [3.05, 3.63) is 40.0 Å². The fraction of sp³-hybridized carbons (Fsp3) is 0.400. The molecule has 0 unspecified atom stereocenters. The van der Waals surface area contributed by atoms with Gasteiger partial charge in [0.1, 0.15) is 5.01 Å². The molecule has 0 saturated heterocycles. The molecule has 2 aromatic heterocycles. The van der Waals surface area contributed by atoms with Crippen LogP contribution in [0.1, 0.15) is 22.5 Å². The van der Waals surface area contributed by atoms with Crippen molar-refractivity contribution in [3.8, 4) is 5.88 Å². The molecule has 8 heteroatoms. The van der Waals surface area contributed by atoms with Gasteiger partial charge in [-0.2, -0.15) is 0 Å². The van der Waals surface area contributed by atoms with Gasteiger partial charge in [-0.1, -0.05) is 6.07 Å². The fourth-order valence-corrected chi connectivity index (χ4v) is 2.53. The van der Waals surface area contributed by atoms with Crippen LogP contribution in [0.15, 0.2) is 29.4 Å². The van der Waals surface area contributed by atoms with E-state index in [1.54, 1.807) is 18.4 Å². The zero-order chi connectivity index (χ0) is 15.8. The maximum absolute atomic E-state index is 5.12. The summed E-state index contributed by atoms with van der Waals surface area (Å²) in [7, 11) is 1.61. The number of pyridine rings is 1. The second kappa shape index (κ2) is 10.4. The number of rotatable bonds is 6. The Morgan fingerprint density at radius 3 is 2.83 bits per heavy atom. The van der Waals surface area contributed by atoms with E-state index in [1.807, 2.05) is 31.3 Å². The Morgan fingerprint density at radius 2 is 2.17 bits per heavy atom. The average molecular weight is 447 g/mol. The van der Waals surface area contributed by atoms with Crippen molar-refractivity contribution in [3.63, 3.8) is 0 Å². The van der Waals surface area contributed by atoms with Gasteiger partial charge in [-0.05, 0) is 19.9 Å². The van der Waals surface area contributed by atoms with Crippen molar-refractivity contribution in [2.45, 2.75) is 26.9 Å². The van der Waals surface area contributed by atoms with Crippen LogP contribution < -0.4 is 15.4 Å². The SMILES string of the molecule is CCNC(=NCc1cccc(OC)n1)NCc1ncc(C)s1.I. The van der Waals surface area contributed by atoms with E-state index in [1.165, 1.54) is 4.88 Å². The van der Waals surface area contributed by atoms with Gasteiger partial charge in [-0.25, -0.2) is 15.0 Å². The molecule has 2 heterocycles. The third kappa shape index (κ3) is 6.69. The van der Waals surface area contributed by atoms with E-state index in [9.17, 15) is 0 Å². The minimum absolute atomic E-state index is 0. The summed E-state index contributed by atoms with van der Waals surface area (Å²) in [5.74, 6) is 1.35. The number of hydrogen-bond acceptors (Lipinski definition) is 5. The van der Waals surface area contributed by atoms with Crippen LogP contribution in [-0.4, -0.2) is 29.6 Å². The van der Waals surface area contributed by atoms with Crippen LogP contribution in [0.2, 0.25) is 0 Å². The third-order valence-corrected chi connectivity index (χ3v) is 3.72. The molecule has 0 radical (unpaired) electrons. The molecule has 0 aliphatic carbocycles. The Balaban J connectivity index is 0.00000264. The summed E-state index contributed by atoms with van der Waals surface area (Å²) in [5, 5.41) is 7.54. The van der Waals surface area contributed by atoms with Crippen LogP contribution in [0, 0.1) is 6.92 Å². The molecule has 23 heavy (non-hydrogen) atoms. The van der Waals surface area contributed by atoms with Gasteiger partial charge in [0.2, 0.25) is 5.88 Å². The summed E-state index contributed by atoms with van der Waals surface area (Å²) >= 11 is 1.68. The van der Waals surface area contributed by atoms with E-state index in [-0.39, 0.29) is 24.0 Å². The summed E-state index contributed by atoms with van der Waals surface area (Å²) in [6, 6.07) is 5.66. The largest absolute Gasteiger partial charge is 0.481 e. The van der Waals surface area contributed by atoms with Gasteiger partial charge in [-0.3, -0.25) is 0 Å². The van der Waals surface area contributed by atoms with Crippen molar-refractivity contribution in [2.75, 3.05) is 13.7 Å². The molecule has 0 aliphatic heterocycles. The lowest BCUT2D eigenvalue weighted by atomic mass is 10.3. The number of ether oxygens (including phenoxy) is 1. The maximum Gasteiger partial charge on any atom is 0.213 e. The lowest BCUT2D eigenvalue weighted by Crippen LogP contribution is -2.36. The first kappa shape index (κ1) is 19.6. The number of hydrogen-bond donors (Lipinski definition) is 2. The molecule has 0 aliphatic rings. The molecule has 0 amide bonds. The predicted octanol–water partition coefficient (Wildman–Crippen LogP) is 2.73. The number of aromatic nitrogens is 2. The van der Waals surface area contributed by atoms with E-state index in [2.05, 4.69) is 32.5 Å². The van der Waals surface area contributed by atoms with Crippen molar-refractivity contribution >= 4 is 41.3 Å². The van der Waals surface area contributed by atoms with Gasteiger partial charge in [0.25, 0.3) is 0 Å². The topological polar surface area (TPSA) is 71.4 Å². The monoisotopic (exact) mass is 447 g/mol. The molecule has 0 fully saturated rings. The van der Waals surface area contributed by atoms with E-state index in [0.29, 0.717) is 19.0 Å². The highest BCUT2D eigenvalue weighted by Gasteiger charge is 2.02. The average Bonchev–Trinajstić information content (AvgIpc) is 2.96. The summed E-state index contributed by atoms with van der Waals surface area (Å²) in [6.45, 7) is 6.04. The van der Waals surface area contributed by atoms with Crippen LogP contribution in [0.5, 0.6) is 5.88 Å². The number of guanidine groups is 1. The molecule has 0 saturated carbocycles. The number of aryl methyl sites for hydroxylation is 1. The third-order valence-electron chi connectivity index (χ3n) is 2.81. The van der Waals surface area contributed by atoms with Crippen molar-refractivity contribution in [1.29, 1.82) is 0 Å². The molecule has 0 atom stereocenters. The van der Waals surface area contributed by atoms with Gasteiger partial charge in [0, 0.05) is 23.7 Å². The molecular formula is C15H22IN5OS. The number of halogens is 1. The molecule has 2 aromatic rings. The number of nitrogens with zero attached hydrogens (tertiary/aromatic N) is 3. The van der Waals surface area contributed by atoms with Crippen molar-refractivity contribution in [2.24, 2.45) is 4.99 Å². The number of thiazole rings is 1. The Labute approximate surface area is 157 Å². The van der Waals surface area contributed by atoms with E-state index in [4.69, 9.17) is 4.74 Å². The summed E-state index contributed by atoms with van der Waals surface area (Å²) < 4.78 is 5.12. The first-order valence-electron chi connectivity index (χ1n) is 7.14. The standard InChI is InChI=1S/C15H21N5OS.HI/c1-4-16-15(19-10-14-17-8-11(2)22-14)18-9-12-6-5-7-13(20-12)21-3;/h5-8H,4,9-10H2,1-3H3,(H2,16,18,19);1H. The van der Waals surface area contributed by atoms with Crippen molar-refractivity contribution < 1.29 is 4.74 Å². The van der Waals surface area contributed by atoms with Crippen LogP contribution >= 0.6 is 35.3 Å². The first-order valence-corrected chi connectivity index (χ1v) is 7.96. The van der Waals surface area contributed by atoms with Gasteiger partial charge in [0.15, 0.2) is 5.96 Å². The Kier molecular flexibility index (Phi) is 8.85. The zero-order valence-corrected chi connectivity index (χ0v) is 16.6. The molecule has 2 N–H and O–H groups in total. The Bertz CT molecular complexity index is 632. The van der Waals surface area contributed by atoms with Crippen LogP contribution in [0.25, 0.3) is 0 Å². The number of nitrogens with one attached hydrogen (secondary N) is 2. The summed E-state index contributed by atoms with van der Waals surface area (Å²) in [4.78, 5) is 14.4. The minimum atomic E-state index is 0. The minimum Gasteiger partial charge on any atom is -0.481 e. The smallest absolute Gasteiger partial charge is 0.213 e. The summed E-state index contributed by atoms with van der Waals surface area (Å²) in [6.07, 6.45) is 1.88. The highest BCUT2D eigenvalue weighted by atomic mass is 127. The van der Waals surface area contributed by atoms with E-state index >= 15 is 0 Å². The number of methoxy groups -OCH3 is 1. The lowest BCUT2D eigenvalue weighted by molar-refractivity contribution is 0.396. The number of aliphatic imine (C=N–C) groups is 1. The van der Waals surface area contributed by atoms with Crippen LogP contribution in [0.3, 0.4) is 0 Å². The second-order valence-electron chi connectivity index (χ2n) is 4.58. The van der Waals surface area contributed by atoms with Gasteiger partial charge < -0.3 is 15.4 Å². The van der Waals surface area contributed by atoms with Crippen molar-refractivity contribution in [1.82, 2.24) is 20.6 Å². The highest BCUT2D eigenvalue weighted by molar-refractivity contribution is 14.0. The molecule has 126 valence electrons. The van der Waals surface area contributed by atoms with E-state index in [0.717, 1.165) is 23.2 Å². The first-order chi connectivity index (χ1) is 10.7. The van der Waals surface area contributed by atoms with Gasteiger partial charge >= 0.3 is 0 Å². The lowest BCUT2D eigenvalue weighted by Gasteiger charge is -2.10. The molecule has 2 rings (SSSR count). The van der Waals surface area contributed by atoms with Crippen LogP contribution in [0.4, 0.5) is 0 Å². The quantitative estimate of drug-likeness (QED) is 0.405. The van der Waals surface area contributed by atoms with Gasteiger partial charge in [0.05, 0.1) is 25.9 Å². The normalized spacial score (nSPS) is 10.8. The second-order valence-corrected chi connectivity index (χ2v) is 5.90. The molecule has 0 bridgehead atoms. The Hall–Kier alpha value is -1.42. The summed E-state index contributed by atoms with van der Waals surface area (Å²) in [5.41, 5.74) is 0.863. The highest BCUT2D eigenvalue weighted by Crippen LogP contribution is 2.10. The van der Waals surface area contributed by atoms with Crippen LogP contribution in [-0.2, 0) is 13.1 Å². The fourth-order valence-electron chi connectivity index (χ4n) is 1.80. The molecule has 0 spiro atoms. The Morgan fingerprint density at radius 1 is 1.35 bits per heavy atom. The maximum atomic E-state index is 5.12. The molecular weight excluding hydrogens is 425 g/mol. The van der Waals surface area contributed by atoms with Gasteiger partial charge in [-0.15, -0.1) is 35.3 Å². The zero-order valence-electron chi connectivity index (χ0n) is 13.5. The molecule has 0 aromatic carbocycles. The molecule has 6 nitrogen and oxygen atoms in total.